The largest absolute Gasteiger partial charge is 0.384 e. The average Bonchev–Trinajstić information content (AvgIpc) is 3.18. The summed E-state index contributed by atoms with van der Waals surface area (Å²) >= 11 is 0. The van der Waals surface area contributed by atoms with Gasteiger partial charge in [-0.05, 0) is 38.6 Å². The monoisotopic (exact) mass is 336 g/mol. The highest BCUT2D eigenvalue weighted by Crippen LogP contribution is 2.23. The van der Waals surface area contributed by atoms with Crippen molar-refractivity contribution >= 4 is 0 Å². The van der Waals surface area contributed by atoms with E-state index in [0.29, 0.717) is 24.6 Å². The van der Waals surface area contributed by atoms with Crippen molar-refractivity contribution in [3.8, 4) is 0 Å². The van der Waals surface area contributed by atoms with Gasteiger partial charge in [-0.25, -0.2) is 0 Å². The third kappa shape index (κ3) is 4.36. The predicted octanol–water partition coefficient (Wildman–Crippen LogP) is 1.11. The number of rotatable bonds is 6. The van der Waals surface area contributed by atoms with E-state index < -0.39 is 5.60 Å². The van der Waals surface area contributed by atoms with Crippen molar-refractivity contribution < 1.29 is 9.84 Å². The predicted molar refractivity (Wildman–Crippen MR) is 93.8 cm³/mol. The van der Waals surface area contributed by atoms with Gasteiger partial charge in [0.15, 0.2) is 0 Å². The fraction of sp³-hybridized carbons (Fsp3) is 0.833. The van der Waals surface area contributed by atoms with Crippen LogP contribution in [0.1, 0.15) is 38.7 Å². The highest BCUT2D eigenvalue weighted by Gasteiger charge is 2.31. The zero-order chi connectivity index (χ0) is 17.2. The lowest BCUT2D eigenvalue weighted by molar-refractivity contribution is 0.0340. The third-order valence-electron chi connectivity index (χ3n) is 5.51. The minimum absolute atomic E-state index is 0.438. The Hall–Kier alpha value is -0.950. The van der Waals surface area contributed by atoms with Gasteiger partial charge in [0.2, 0.25) is 0 Å². The van der Waals surface area contributed by atoms with Crippen LogP contribution in [0.2, 0.25) is 0 Å². The molecule has 136 valence electrons. The number of aliphatic hydroxyl groups is 1. The SMILES string of the molecule is CC1CN(CC2CCCO2)CCC1NCC(C)(O)c1cnn(C)c1. The van der Waals surface area contributed by atoms with E-state index in [4.69, 9.17) is 4.74 Å². The van der Waals surface area contributed by atoms with Gasteiger partial charge in [0.1, 0.15) is 5.60 Å². The van der Waals surface area contributed by atoms with Crippen molar-refractivity contribution in [3.05, 3.63) is 18.0 Å². The van der Waals surface area contributed by atoms with Crippen LogP contribution in [0, 0.1) is 5.92 Å². The molecule has 1 aromatic rings. The molecule has 3 rings (SSSR count). The number of nitrogens with one attached hydrogen (secondary N) is 1. The molecule has 0 amide bonds. The summed E-state index contributed by atoms with van der Waals surface area (Å²) in [6, 6.07) is 0.453. The summed E-state index contributed by atoms with van der Waals surface area (Å²) in [5.41, 5.74) is -0.0241. The molecular formula is C18H32N4O2. The first-order valence-electron chi connectivity index (χ1n) is 9.23. The standard InChI is InChI=1S/C18H32N4O2/c1-14-10-22(12-16-5-4-8-24-16)7-6-17(14)19-13-18(2,23)15-9-20-21(3)11-15/h9,11,14,16-17,19,23H,4-8,10,12-13H2,1-3H3. The highest BCUT2D eigenvalue weighted by atomic mass is 16.5. The topological polar surface area (TPSA) is 62.6 Å². The van der Waals surface area contributed by atoms with Crippen molar-refractivity contribution in [1.82, 2.24) is 20.0 Å². The summed E-state index contributed by atoms with van der Waals surface area (Å²) in [4.78, 5) is 2.54. The first-order chi connectivity index (χ1) is 11.4. The lowest BCUT2D eigenvalue weighted by Gasteiger charge is -2.39. The quantitative estimate of drug-likeness (QED) is 0.815. The summed E-state index contributed by atoms with van der Waals surface area (Å²) in [6.07, 6.45) is 7.61. The van der Waals surface area contributed by atoms with Crippen LogP contribution in [0.4, 0.5) is 0 Å². The second kappa shape index (κ2) is 7.52. The van der Waals surface area contributed by atoms with Gasteiger partial charge in [-0.15, -0.1) is 0 Å². The maximum atomic E-state index is 10.7. The van der Waals surface area contributed by atoms with E-state index in [0.717, 1.165) is 38.2 Å². The maximum Gasteiger partial charge on any atom is 0.102 e. The fourth-order valence-electron chi connectivity index (χ4n) is 3.91. The Labute approximate surface area is 145 Å². The summed E-state index contributed by atoms with van der Waals surface area (Å²) < 4.78 is 7.49. The average molecular weight is 336 g/mol. The Morgan fingerprint density at radius 1 is 1.46 bits per heavy atom. The molecule has 4 unspecified atom stereocenters. The van der Waals surface area contributed by atoms with Gasteiger partial charge in [-0.2, -0.15) is 5.10 Å². The van der Waals surface area contributed by atoms with Crippen LogP contribution in [0.15, 0.2) is 12.4 Å². The molecule has 3 heterocycles. The van der Waals surface area contributed by atoms with E-state index in [2.05, 4.69) is 22.2 Å². The van der Waals surface area contributed by atoms with Crippen molar-refractivity contribution in [2.45, 2.75) is 50.9 Å². The third-order valence-corrected chi connectivity index (χ3v) is 5.51. The summed E-state index contributed by atoms with van der Waals surface area (Å²) in [7, 11) is 1.87. The molecular weight excluding hydrogens is 304 g/mol. The lowest BCUT2D eigenvalue weighted by Crippen LogP contribution is -2.52. The molecule has 6 nitrogen and oxygen atoms in total. The molecule has 2 saturated heterocycles. The fourth-order valence-corrected chi connectivity index (χ4v) is 3.91. The van der Waals surface area contributed by atoms with Gasteiger partial charge in [0.05, 0.1) is 12.3 Å². The second-order valence-corrected chi connectivity index (χ2v) is 7.82. The van der Waals surface area contributed by atoms with Crippen LogP contribution >= 0.6 is 0 Å². The minimum Gasteiger partial charge on any atom is -0.384 e. The Balaban J connectivity index is 1.46. The Bertz CT molecular complexity index is 525. The van der Waals surface area contributed by atoms with Crippen LogP contribution < -0.4 is 5.32 Å². The second-order valence-electron chi connectivity index (χ2n) is 7.82. The first-order valence-corrected chi connectivity index (χ1v) is 9.23. The van der Waals surface area contributed by atoms with Crippen LogP contribution in [0.25, 0.3) is 0 Å². The van der Waals surface area contributed by atoms with Crippen molar-refractivity contribution in [2.75, 3.05) is 32.8 Å². The van der Waals surface area contributed by atoms with Crippen molar-refractivity contribution in [2.24, 2.45) is 13.0 Å². The normalized spacial score (nSPS) is 31.2. The molecule has 24 heavy (non-hydrogen) atoms. The van der Waals surface area contributed by atoms with Crippen molar-refractivity contribution in [1.29, 1.82) is 0 Å². The number of hydrogen-bond donors (Lipinski definition) is 2. The van der Waals surface area contributed by atoms with Gasteiger partial charge in [0, 0.05) is 51.1 Å². The van der Waals surface area contributed by atoms with E-state index in [1.54, 1.807) is 10.9 Å². The zero-order valence-electron chi connectivity index (χ0n) is 15.2. The van der Waals surface area contributed by atoms with E-state index in [-0.39, 0.29) is 0 Å². The summed E-state index contributed by atoms with van der Waals surface area (Å²) in [6.45, 7) is 8.93. The molecule has 2 aliphatic heterocycles. The summed E-state index contributed by atoms with van der Waals surface area (Å²) in [5.74, 6) is 0.574. The molecule has 1 aromatic heterocycles. The molecule has 6 heteroatoms. The van der Waals surface area contributed by atoms with E-state index in [1.165, 1.54) is 12.8 Å². The van der Waals surface area contributed by atoms with Gasteiger partial charge >= 0.3 is 0 Å². The Kier molecular flexibility index (Phi) is 5.59. The maximum absolute atomic E-state index is 10.7. The minimum atomic E-state index is -0.886. The molecule has 0 spiro atoms. The molecule has 0 radical (unpaired) electrons. The number of hydrogen-bond acceptors (Lipinski definition) is 5. The van der Waals surface area contributed by atoms with Crippen LogP contribution in [-0.4, -0.2) is 64.7 Å². The molecule has 2 N–H and O–H groups in total. The van der Waals surface area contributed by atoms with E-state index >= 15 is 0 Å². The van der Waals surface area contributed by atoms with E-state index in [9.17, 15) is 5.11 Å². The number of aromatic nitrogens is 2. The van der Waals surface area contributed by atoms with Crippen molar-refractivity contribution in [3.63, 3.8) is 0 Å². The molecule has 4 atom stereocenters. The van der Waals surface area contributed by atoms with Gasteiger partial charge in [0.25, 0.3) is 0 Å². The van der Waals surface area contributed by atoms with Crippen LogP contribution in [-0.2, 0) is 17.4 Å². The Morgan fingerprint density at radius 3 is 2.92 bits per heavy atom. The first kappa shape index (κ1) is 17.9. The smallest absolute Gasteiger partial charge is 0.102 e. The number of piperidine rings is 1. The Morgan fingerprint density at radius 2 is 2.29 bits per heavy atom. The van der Waals surface area contributed by atoms with Gasteiger partial charge < -0.3 is 20.1 Å². The summed E-state index contributed by atoms with van der Waals surface area (Å²) in [5, 5.41) is 18.5. The van der Waals surface area contributed by atoms with E-state index in [1.807, 2.05) is 20.2 Å². The molecule has 0 aromatic carbocycles. The number of aryl methyl sites for hydroxylation is 1. The van der Waals surface area contributed by atoms with Gasteiger partial charge in [-0.3, -0.25) is 4.68 Å². The number of nitrogens with zero attached hydrogens (tertiary/aromatic N) is 3. The molecule has 0 saturated carbocycles. The zero-order valence-corrected chi connectivity index (χ0v) is 15.2. The molecule has 0 bridgehead atoms. The molecule has 2 aliphatic rings. The van der Waals surface area contributed by atoms with Gasteiger partial charge in [-0.1, -0.05) is 6.92 Å². The number of likely N-dealkylation sites (tertiary alicyclic amines) is 1. The molecule has 2 fully saturated rings. The lowest BCUT2D eigenvalue weighted by atomic mass is 9.91. The molecule has 0 aliphatic carbocycles. The van der Waals surface area contributed by atoms with Crippen LogP contribution in [0.5, 0.6) is 0 Å². The number of ether oxygens (including phenoxy) is 1. The van der Waals surface area contributed by atoms with Crippen LogP contribution in [0.3, 0.4) is 0 Å². The highest BCUT2D eigenvalue weighted by molar-refractivity contribution is 5.14.